The number of pyridine rings is 2. The van der Waals surface area contributed by atoms with E-state index in [0.29, 0.717) is 22.5 Å². The van der Waals surface area contributed by atoms with Crippen molar-refractivity contribution in [2.75, 3.05) is 17.2 Å². The molecule has 20 heavy (non-hydrogen) atoms. The van der Waals surface area contributed by atoms with Gasteiger partial charge in [0.15, 0.2) is 0 Å². The van der Waals surface area contributed by atoms with E-state index in [1.54, 1.807) is 18.5 Å². The van der Waals surface area contributed by atoms with Gasteiger partial charge in [-0.1, -0.05) is 0 Å². The number of hydrogen-bond donors (Lipinski definition) is 2. The number of amides is 1. The fourth-order valence-corrected chi connectivity index (χ4v) is 1.94. The topological polar surface area (TPSA) is 66.9 Å². The normalized spacial score (nSPS) is 10.2. The molecule has 0 radical (unpaired) electrons. The Balaban J connectivity index is 2.29. The molecule has 7 heteroatoms. The molecular weight excluding hydrogens is 327 g/mol. The van der Waals surface area contributed by atoms with E-state index >= 15 is 0 Å². The van der Waals surface area contributed by atoms with Crippen molar-refractivity contribution in [3.63, 3.8) is 0 Å². The Bertz CT molecular complexity index is 636. The summed E-state index contributed by atoms with van der Waals surface area (Å²) in [4.78, 5) is 20.0. The van der Waals surface area contributed by atoms with Crippen LogP contribution in [0.3, 0.4) is 0 Å². The maximum absolute atomic E-state index is 13.3. The third kappa shape index (κ3) is 3.30. The van der Waals surface area contributed by atoms with E-state index in [4.69, 9.17) is 0 Å². The van der Waals surface area contributed by atoms with Crippen molar-refractivity contribution < 1.29 is 9.18 Å². The molecule has 2 heterocycles. The molecule has 0 fully saturated rings. The van der Waals surface area contributed by atoms with Crippen molar-refractivity contribution in [3.8, 4) is 0 Å². The smallest absolute Gasteiger partial charge is 0.259 e. The summed E-state index contributed by atoms with van der Waals surface area (Å²) in [5.41, 5.74) is 0.701. The van der Waals surface area contributed by atoms with Crippen molar-refractivity contribution >= 4 is 33.3 Å². The molecule has 0 spiro atoms. The van der Waals surface area contributed by atoms with Crippen LogP contribution in [0.4, 0.5) is 15.9 Å². The van der Waals surface area contributed by atoms with Crippen LogP contribution in [0.2, 0.25) is 0 Å². The maximum atomic E-state index is 13.3. The molecule has 0 aliphatic rings. The molecule has 0 saturated heterocycles. The van der Waals surface area contributed by atoms with Crippen LogP contribution >= 0.6 is 15.9 Å². The SMILES string of the molecule is CCNc1ncc(F)cc1C(=O)Nc1ccncc1Br. The predicted octanol–water partition coefficient (Wildman–Crippen LogP) is 3.06. The first-order chi connectivity index (χ1) is 9.61. The van der Waals surface area contributed by atoms with Crippen molar-refractivity contribution in [1.82, 2.24) is 9.97 Å². The standard InChI is InChI=1S/C13H12BrFN4O/c1-2-17-12-9(5-8(15)6-18-12)13(20)19-11-3-4-16-7-10(11)14/h3-7H,2H2,1H3,(H,17,18)(H,16,19,20). The molecule has 0 atom stereocenters. The van der Waals surface area contributed by atoms with Crippen LogP contribution in [-0.2, 0) is 0 Å². The van der Waals surface area contributed by atoms with Gasteiger partial charge >= 0.3 is 0 Å². The zero-order valence-corrected chi connectivity index (χ0v) is 12.2. The lowest BCUT2D eigenvalue weighted by Gasteiger charge is -2.11. The minimum atomic E-state index is -0.564. The summed E-state index contributed by atoms with van der Waals surface area (Å²) < 4.78 is 13.9. The average molecular weight is 339 g/mol. The van der Waals surface area contributed by atoms with Gasteiger partial charge in [0, 0.05) is 18.9 Å². The molecule has 2 N–H and O–H groups in total. The second-order valence-corrected chi connectivity index (χ2v) is 4.74. The predicted molar refractivity (Wildman–Crippen MR) is 78.2 cm³/mol. The van der Waals surface area contributed by atoms with Crippen molar-refractivity contribution in [1.29, 1.82) is 0 Å². The number of nitrogens with zero attached hydrogens (tertiary/aromatic N) is 2. The van der Waals surface area contributed by atoms with Gasteiger partial charge in [-0.05, 0) is 35.0 Å². The Morgan fingerprint density at radius 2 is 2.25 bits per heavy atom. The second kappa shape index (κ2) is 6.42. The number of halogens is 2. The van der Waals surface area contributed by atoms with Gasteiger partial charge in [0.05, 0.1) is 21.9 Å². The highest BCUT2D eigenvalue weighted by Gasteiger charge is 2.15. The van der Waals surface area contributed by atoms with E-state index in [1.807, 2.05) is 6.92 Å². The molecule has 1 amide bonds. The summed E-state index contributed by atoms with van der Waals surface area (Å²) in [6.45, 7) is 2.45. The molecule has 0 aliphatic carbocycles. The molecule has 0 aliphatic heterocycles. The van der Waals surface area contributed by atoms with Crippen molar-refractivity contribution in [2.24, 2.45) is 0 Å². The highest BCUT2D eigenvalue weighted by molar-refractivity contribution is 9.10. The summed E-state index contributed by atoms with van der Waals surface area (Å²) in [7, 11) is 0. The molecule has 104 valence electrons. The summed E-state index contributed by atoms with van der Waals surface area (Å²) in [5.74, 6) is -0.665. The molecule has 2 aromatic heterocycles. The molecule has 2 aromatic rings. The van der Waals surface area contributed by atoms with Crippen LogP contribution in [0.25, 0.3) is 0 Å². The minimum absolute atomic E-state index is 0.149. The monoisotopic (exact) mass is 338 g/mol. The highest BCUT2D eigenvalue weighted by Crippen LogP contribution is 2.22. The van der Waals surface area contributed by atoms with Crippen LogP contribution in [0.1, 0.15) is 17.3 Å². The van der Waals surface area contributed by atoms with Crippen LogP contribution < -0.4 is 10.6 Å². The second-order valence-electron chi connectivity index (χ2n) is 3.89. The zero-order chi connectivity index (χ0) is 14.5. The van der Waals surface area contributed by atoms with E-state index in [0.717, 1.165) is 12.3 Å². The van der Waals surface area contributed by atoms with Gasteiger partial charge in [0.25, 0.3) is 5.91 Å². The Kier molecular flexibility index (Phi) is 4.62. The van der Waals surface area contributed by atoms with Crippen molar-refractivity contribution in [3.05, 3.63) is 46.6 Å². The van der Waals surface area contributed by atoms with Gasteiger partial charge in [-0.15, -0.1) is 0 Å². The number of anilines is 2. The largest absolute Gasteiger partial charge is 0.370 e. The van der Waals surface area contributed by atoms with E-state index in [2.05, 4.69) is 36.5 Å². The summed E-state index contributed by atoms with van der Waals surface area (Å²) in [6.07, 6.45) is 4.18. The molecule has 0 bridgehead atoms. The van der Waals surface area contributed by atoms with E-state index in [9.17, 15) is 9.18 Å². The third-order valence-electron chi connectivity index (χ3n) is 2.46. The fourth-order valence-electron chi connectivity index (χ4n) is 1.59. The first-order valence-electron chi connectivity index (χ1n) is 5.92. The maximum Gasteiger partial charge on any atom is 0.259 e. The van der Waals surface area contributed by atoms with E-state index < -0.39 is 11.7 Å². The van der Waals surface area contributed by atoms with Crippen LogP contribution in [0, 0.1) is 5.82 Å². The average Bonchev–Trinajstić information content (AvgIpc) is 2.43. The van der Waals surface area contributed by atoms with E-state index in [-0.39, 0.29) is 5.56 Å². The molecule has 0 saturated carbocycles. The van der Waals surface area contributed by atoms with Gasteiger partial charge in [0.2, 0.25) is 0 Å². The number of carbonyl (C=O) groups excluding carboxylic acids is 1. The number of rotatable bonds is 4. The fraction of sp³-hybridized carbons (Fsp3) is 0.154. The van der Waals surface area contributed by atoms with Gasteiger partial charge in [-0.25, -0.2) is 9.37 Å². The molecule has 0 aromatic carbocycles. The van der Waals surface area contributed by atoms with Crippen LogP contribution in [-0.4, -0.2) is 22.4 Å². The third-order valence-corrected chi connectivity index (χ3v) is 3.10. The van der Waals surface area contributed by atoms with Gasteiger partial charge < -0.3 is 10.6 Å². The van der Waals surface area contributed by atoms with Crippen LogP contribution in [0.15, 0.2) is 35.2 Å². The lowest BCUT2D eigenvalue weighted by atomic mass is 10.2. The summed E-state index contributed by atoms with van der Waals surface area (Å²) in [5, 5.41) is 5.60. The molecule has 5 nitrogen and oxygen atoms in total. The van der Waals surface area contributed by atoms with Gasteiger partial charge in [0.1, 0.15) is 11.6 Å². The zero-order valence-electron chi connectivity index (χ0n) is 10.7. The Morgan fingerprint density at radius 1 is 1.45 bits per heavy atom. The van der Waals surface area contributed by atoms with Crippen molar-refractivity contribution in [2.45, 2.75) is 6.92 Å². The number of aromatic nitrogens is 2. The summed E-state index contributed by atoms with van der Waals surface area (Å²) >= 11 is 3.28. The number of nitrogens with one attached hydrogen (secondary N) is 2. The molecule has 2 rings (SSSR count). The Morgan fingerprint density at radius 3 is 2.95 bits per heavy atom. The number of hydrogen-bond acceptors (Lipinski definition) is 4. The minimum Gasteiger partial charge on any atom is -0.370 e. The molecule has 0 unspecified atom stereocenters. The number of carbonyl (C=O) groups is 1. The lowest BCUT2D eigenvalue weighted by molar-refractivity contribution is 0.102. The van der Waals surface area contributed by atoms with Crippen LogP contribution in [0.5, 0.6) is 0 Å². The Hall–Kier alpha value is -2.02. The van der Waals surface area contributed by atoms with Gasteiger partial charge in [-0.2, -0.15) is 0 Å². The highest BCUT2D eigenvalue weighted by atomic mass is 79.9. The summed E-state index contributed by atoms with van der Waals surface area (Å²) in [6, 6.07) is 2.79. The first kappa shape index (κ1) is 14.4. The first-order valence-corrected chi connectivity index (χ1v) is 6.71. The Labute approximate surface area is 123 Å². The lowest BCUT2D eigenvalue weighted by Crippen LogP contribution is -2.16. The van der Waals surface area contributed by atoms with E-state index in [1.165, 1.54) is 0 Å². The van der Waals surface area contributed by atoms with Gasteiger partial charge in [-0.3, -0.25) is 9.78 Å². The molecular formula is C13H12BrFN4O. The quantitative estimate of drug-likeness (QED) is 0.898.